The molecule has 84 valence electrons. The second kappa shape index (κ2) is 5.40. The monoisotopic (exact) mass is 236 g/mol. The number of hydrogen-bond acceptors (Lipinski definition) is 0. The van der Waals surface area contributed by atoms with E-state index in [0.717, 1.165) is 0 Å². The van der Waals surface area contributed by atoms with Crippen LogP contribution < -0.4 is 0 Å². The van der Waals surface area contributed by atoms with Gasteiger partial charge in [-0.3, -0.25) is 0 Å². The van der Waals surface area contributed by atoms with Gasteiger partial charge in [0, 0.05) is 23.6 Å². The molecule has 1 unspecified atom stereocenters. The first-order valence-electron chi connectivity index (χ1n) is 4.74. The van der Waals surface area contributed by atoms with Gasteiger partial charge in [0.25, 0.3) is 0 Å². The highest BCUT2D eigenvalue weighted by atomic mass is 35.5. The Hall–Kier alpha value is -0.700. The van der Waals surface area contributed by atoms with E-state index in [-0.39, 0.29) is 17.9 Å². The molecule has 0 aliphatic heterocycles. The summed E-state index contributed by atoms with van der Waals surface area (Å²) in [5, 5.41) is 0. The molecular formula is C11H12ClF3. The molecule has 0 aliphatic carbocycles. The third-order valence-electron chi connectivity index (χ3n) is 2.26. The van der Waals surface area contributed by atoms with Gasteiger partial charge in [-0.2, -0.15) is 0 Å². The van der Waals surface area contributed by atoms with Crippen LogP contribution in [-0.2, 0) is 6.42 Å². The Balaban J connectivity index is 2.77. The average molecular weight is 237 g/mol. The molecule has 15 heavy (non-hydrogen) atoms. The summed E-state index contributed by atoms with van der Waals surface area (Å²) in [6.07, 6.45) is 0.828. The largest absolute Gasteiger partial charge is 0.207 e. The predicted octanol–water partition coefficient (Wildman–Crippen LogP) is 3.91. The van der Waals surface area contributed by atoms with E-state index in [2.05, 4.69) is 0 Å². The van der Waals surface area contributed by atoms with Crippen LogP contribution in [0.2, 0.25) is 0 Å². The van der Waals surface area contributed by atoms with Crippen LogP contribution in [-0.4, -0.2) is 5.88 Å². The van der Waals surface area contributed by atoms with Crippen LogP contribution in [0.5, 0.6) is 0 Å². The van der Waals surface area contributed by atoms with E-state index in [1.54, 1.807) is 0 Å². The topological polar surface area (TPSA) is 0 Å². The first-order chi connectivity index (χ1) is 7.04. The van der Waals surface area contributed by atoms with Crippen LogP contribution in [0.15, 0.2) is 12.1 Å². The van der Waals surface area contributed by atoms with E-state index in [9.17, 15) is 13.2 Å². The molecule has 1 aromatic carbocycles. The van der Waals surface area contributed by atoms with Crippen LogP contribution in [0.25, 0.3) is 0 Å². The van der Waals surface area contributed by atoms with E-state index in [4.69, 9.17) is 11.6 Å². The van der Waals surface area contributed by atoms with Crippen molar-refractivity contribution in [3.8, 4) is 0 Å². The molecular weight excluding hydrogens is 225 g/mol. The van der Waals surface area contributed by atoms with Crippen molar-refractivity contribution in [2.24, 2.45) is 5.92 Å². The lowest BCUT2D eigenvalue weighted by Crippen LogP contribution is -2.03. The zero-order chi connectivity index (χ0) is 11.4. The molecule has 0 amide bonds. The zero-order valence-electron chi connectivity index (χ0n) is 8.37. The maximum absolute atomic E-state index is 13.2. The Kier molecular flexibility index (Phi) is 4.45. The normalized spacial score (nSPS) is 12.9. The lowest BCUT2D eigenvalue weighted by molar-refractivity contribution is 0.505. The van der Waals surface area contributed by atoms with E-state index in [0.29, 0.717) is 24.4 Å². The number of rotatable bonds is 4. The molecule has 0 saturated carbocycles. The minimum absolute atomic E-state index is 0.0617. The van der Waals surface area contributed by atoms with Crippen LogP contribution >= 0.6 is 11.6 Å². The van der Waals surface area contributed by atoms with Crippen molar-refractivity contribution in [3.05, 3.63) is 35.1 Å². The maximum Gasteiger partial charge on any atom is 0.132 e. The Labute approximate surface area is 92.1 Å². The number of hydrogen-bond donors (Lipinski definition) is 0. The van der Waals surface area contributed by atoms with Crippen LogP contribution in [0.1, 0.15) is 18.9 Å². The molecule has 0 radical (unpaired) electrons. The van der Waals surface area contributed by atoms with Gasteiger partial charge in [0.2, 0.25) is 0 Å². The van der Waals surface area contributed by atoms with Gasteiger partial charge in [-0.05, 0) is 18.8 Å². The highest BCUT2D eigenvalue weighted by Crippen LogP contribution is 2.18. The number of halogens is 4. The second-order valence-electron chi connectivity index (χ2n) is 3.65. The fraction of sp³-hybridized carbons (Fsp3) is 0.455. The number of alkyl halides is 1. The van der Waals surface area contributed by atoms with Crippen molar-refractivity contribution >= 4 is 11.6 Å². The summed E-state index contributed by atoms with van der Waals surface area (Å²) in [7, 11) is 0. The fourth-order valence-corrected chi connectivity index (χ4v) is 1.43. The van der Waals surface area contributed by atoms with Gasteiger partial charge in [-0.25, -0.2) is 13.2 Å². The SMILES string of the molecule is CC(CCl)CCc1c(F)cc(F)cc1F. The highest BCUT2D eigenvalue weighted by molar-refractivity contribution is 6.18. The van der Waals surface area contributed by atoms with Crippen LogP contribution in [0, 0.1) is 23.4 Å². The van der Waals surface area contributed by atoms with Crippen molar-refractivity contribution in [2.75, 3.05) is 5.88 Å². The van der Waals surface area contributed by atoms with Gasteiger partial charge in [0.1, 0.15) is 17.5 Å². The van der Waals surface area contributed by atoms with Crippen molar-refractivity contribution in [1.29, 1.82) is 0 Å². The molecule has 0 nitrogen and oxygen atoms in total. The van der Waals surface area contributed by atoms with Crippen LogP contribution in [0.3, 0.4) is 0 Å². The smallest absolute Gasteiger partial charge is 0.132 e. The molecule has 0 heterocycles. The summed E-state index contributed by atoms with van der Waals surface area (Å²) in [5.74, 6) is -1.90. The summed E-state index contributed by atoms with van der Waals surface area (Å²) in [6, 6.07) is 1.40. The Bertz CT molecular complexity index is 316. The zero-order valence-corrected chi connectivity index (χ0v) is 9.12. The van der Waals surface area contributed by atoms with Crippen molar-refractivity contribution < 1.29 is 13.2 Å². The summed E-state index contributed by atoms with van der Waals surface area (Å²) in [5.41, 5.74) is -0.0617. The van der Waals surface area contributed by atoms with Crippen LogP contribution in [0.4, 0.5) is 13.2 Å². The van der Waals surface area contributed by atoms with Crippen molar-refractivity contribution in [2.45, 2.75) is 19.8 Å². The molecule has 0 N–H and O–H groups in total. The van der Waals surface area contributed by atoms with Gasteiger partial charge < -0.3 is 0 Å². The minimum Gasteiger partial charge on any atom is -0.207 e. The third kappa shape index (κ3) is 3.42. The van der Waals surface area contributed by atoms with Gasteiger partial charge >= 0.3 is 0 Å². The molecule has 1 aromatic rings. The molecule has 0 bridgehead atoms. The Morgan fingerprint density at radius 1 is 1.20 bits per heavy atom. The molecule has 1 atom stereocenters. The summed E-state index contributed by atoms with van der Waals surface area (Å²) < 4.78 is 38.9. The fourth-order valence-electron chi connectivity index (χ4n) is 1.28. The van der Waals surface area contributed by atoms with E-state index in [1.807, 2.05) is 6.92 Å². The van der Waals surface area contributed by atoms with Crippen molar-refractivity contribution in [3.63, 3.8) is 0 Å². The second-order valence-corrected chi connectivity index (χ2v) is 3.95. The quantitative estimate of drug-likeness (QED) is 0.696. The minimum atomic E-state index is -0.890. The molecule has 0 aliphatic rings. The summed E-state index contributed by atoms with van der Waals surface area (Å²) >= 11 is 5.58. The predicted molar refractivity (Wildman–Crippen MR) is 54.5 cm³/mol. The molecule has 0 fully saturated rings. The first kappa shape index (κ1) is 12.4. The molecule has 0 saturated heterocycles. The first-order valence-corrected chi connectivity index (χ1v) is 5.27. The molecule has 0 aromatic heterocycles. The summed E-state index contributed by atoms with van der Waals surface area (Å²) in [6.45, 7) is 1.90. The number of benzene rings is 1. The average Bonchev–Trinajstić information content (AvgIpc) is 2.15. The highest BCUT2D eigenvalue weighted by Gasteiger charge is 2.12. The van der Waals surface area contributed by atoms with Gasteiger partial charge in [-0.1, -0.05) is 6.92 Å². The van der Waals surface area contributed by atoms with E-state index >= 15 is 0 Å². The summed E-state index contributed by atoms with van der Waals surface area (Å²) in [4.78, 5) is 0. The maximum atomic E-state index is 13.2. The standard InChI is InChI=1S/C11H12ClF3/c1-7(6-12)2-3-9-10(14)4-8(13)5-11(9)15/h4-5,7H,2-3,6H2,1H3. The van der Waals surface area contributed by atoms with E-state index < -0.39 is 17.5 Å². The third-order valence-corrected chi connectivity index (χ3v) is 2.78. The van der Waals surface area contributed by atoms with Crippen molar-refractivity contribution in [1.82, 2.24) is 0 Å². The molecule has 4 heteroatoms. The van der Waals surface area contributed by atoms with Gasteiger partial charge in [0.15, 0.2) is 0 Å². The molecule has 1 rings (SSSR count). The van der Waals surface area contributed by atoms with Gasteiger partial charge in [-0.15, -0.1) is 11.6 Å². The Morgan fingerprint density at radius 3 is 2.20 bits per heavy atom. The Morgan fingerprint density at radius 2 is 1.73 bits per heavy atom. The molecule has 0 spiro atoms. The van der Waals surface area contributed by atoms with E-state index in [1.165, 1.54) is 0 Å². The lowest BCUT2D eigenvalue weighted by atomic mass is 10.0. The van der Waals surface area contributed by atoms with Gasteiger partial charge in [0.05, 0.1) is 0 Å². The lowest BCUT2D eigenvalue weighted by Gasteiger charge is -2.08.